The zero-order valence-electron chi connectivity index (χ0n) is 15.5. The van der Waals surface area contributed by atoms with Gasteiger partial charge in [0.15, 0.2) is 5.82 Å². The van der Waals surface area contributed by atoms with Gasteiger partial charge in [-0.2, -0.15) is 4.98 Å². The van der Waals surface area contributed by atoms with E-state index < -0.39 is 0 Å². The molecule has 2 heterocycles. The van der Waals surface area contributed by atoms with Crippen molar-refractivity contribution < 1.29 is 18.8 Å². The summed E-state index contributed by atoms with van der Waals surface area (Å²) in [5.41, 5.74) is 6.61. The summed E-state index contributed by atoms with van der Waals surface area (Å²) in [6.07, 6.45) is 1.27. The Balaban J connectivity index is 1.42. The van der Waals surface area contributed by atoms with Crippen LogP contribution in [0.5, 0.6) is 0 Å². The van der Waals surface area contributed by atoms with E-state index in [1.165, 1.54) is 0 Å². The Hall–Kier alpha value is -2.45. The molecule has 2 aromatic rings. The number of piperidine rings is 1. The third-order valence-electron chi connectivity index (χ3n) is 4.41. The Morgan fingerprint density at radius 2 is 2.04 bits per heavy atom. The highest BCUT2D eigenvalue weighted by Gasteiger charge is 2.27. The maximum atomic E-state index is 12.2. The van der Waals surface area contributed by atoms with Gasteiger partial charge in [0.2, 0.25) is 0 Å². The predicted molar refractivity (Wildman–Crippen MR) is 97.8 cm³/mol. The molecule has 0 radical (unpaired) electrons. The van der Waals surface area contributed by atoms with E-state index in [9.17, 15) is 4.79 Å². The highest BCUT2D eigenvalue weighted by atomic mass is 16.6. The van der Waals surface area contributed by atoms with Gasteiger partial charge in [-0.15, -0.1) is 0 Å². The molecule has 0 aliphatic carbocycles. The molecule has 1 atom stereocenters. The molecule has 1 aliphatic rings. The van der Waals surface area contributed by atoms with Gasteiger partial charge in [0.25, 0.3) is 5.89 Å². The number of hydrogen-bond donors (Lipinski definition) is 1. The minimum absolute atomic E-state index is 0.0293. The molecule has 0 bridgehead atoms. The summed E-state index contributed by atoms with van der Waals surface area (Å²) < 4.78 is 16.0. The SMILES string of the molecule is C[C@H](N)COCc1nc(C2CCN(C(=O)OCc3ccccc3)CC2)no1. The van der Waals surface area contributed by atoms with Crippen LogP contribution in [0, 0.1) is 0 Å². The average molecular weight is 374 g/mol. The maximum Gasteiger partial charge on any atom is 0.410 e. The Morgan fingerprint density at radius 3 is 2.74 bits per heavy atom. The summed E-state index contributed by atoms with van der Waals surface area (Å²) in [6.45, 7) is 4.10. The second kappa shape index (κ2) is 9.48. The first kappa shape index (κ1) is 19.3. The average Bonchev–Trinajstić information content (AvgIpc) is 3.16. The van der Waals surface area contributed by atoms with Crippen LogP contribution in [0.1, 0.15) is 43.0 Å². The number of carbonyl (C=O) groups excluding carboxylic acids is 1. The minimum Gasteiger partial charge on any atom is -0.445 e. The van der Waals surface area contributed by atoms with Gasteiger partial charge in [0.05, 0.1) is 6.61 Å². The van der Waals surface area contributed by atoms with Gasteiger partial charge in [0, 0.05) is 25.0 Å². The number of ether oxygens (including phenoxy) is 2. The molecule has 1 amide bonds. The maximum absolute atomic E-state index is 12.2. The number of benzene rings is 1. The molecule has 146 valence electrons. The Bertz CT molecular complexity index is 712. The summed E-state index contributed by atoms with van der Waals surface area (Å²) in [4.78, 5) is 18.3. The van der Waals surface area contributed by atoms with E-state index >= 15 is 0 Å². The Labute approximate surface area is 158 Å². The van der Waals surface area contributed by atoms with Crippen LogP contribution in [-0.2, 0) is 22.7 Å². The van der Waals surface area contributed by atoms with Gasteiger partial charge in [-0.25, -0.2) is 4.79 Å². The molecule has 8 heteroatoms. The predicted octanol–water partition coefficient (Wildman–Crippen LogP) is 2.45. The van der Waals surface area contributed by atoms with Crippen molar-refractivity contribution in [1.29, 1.82) is 0 Å². The molecular formula is C19H26N4O4. The van der Waals surface area contributed by atoms with Crippen LogP contribution >= 0.6 is 0 Å². The van der Waals surface area contributed by atoms with Gasteiger partial charge < -0.3 is 24.6 Å². The third kappa shape index (κ3) is 5.77. The number of nitrogens with two attached hydrogens (primary N) is 1. The number of amides is 1. The molecule has 8 nitrogen and oxygen atoms in total. The normalized spacial score (nSPS) is 16.3. The van der Waals surface area contributed by atoms with Crippen molar-refractivity contribution in [2.75, 3.05) is 19.7 Å². The van der Waals surface area contributed by atoms with Crippen LogP contribution in [0.2, 0.25) is 0 Å². The molecule has 2 N–H and O–H groups in total. The largest absolute Gasteiger partial charge is 0.445 e. The second-order valence-electron chi connectivity index (χ2n) is 6.84. The zero-order chi connectivity index (χ0) is 19.1. The highest BCUT2D eigenvalue weighted by Crippen LogP contribution is 2.26. The number of carbonyl (C=O) groups is 1. The van der Waals surface area contributed by atoms with Crippen molar-refractivity contribution >= 4 is 6.09 Å². The fourth-order valence-corrected chi connectivity index (χ4v) is 2.96. The monoisotopic (exact) mass is 374 g/mol. The van der Waals surface area contributed by atoms with E-state index in [0.29, 0.717) is 31.4 Å². The van der Waals surface area contributed by atoms with E-state index in [4.69, 9.17) is 19.7 Å². The topological polar surface area (TPSA) is 104 Å². The fourth-order valence-electron chi connectivity index (χ4n) is 2.96. The van der Waals surface area contributed by atoms with Crippen LogP contribution in [0.4, 0.5) is 4.79 Å². The molecular weight excluding hydrogens is 348 g/mol. The summed E-state index contributed by atoms with van der Waals surface area (Å²) in [5, 5.41) is 4.05. The molecule has 1 saturated heterocycles. The van der Waals surface area contributed by atoms with E-state index in [0.717, 1.165) is 18.4 Å². The number of hydrogen-bond acceptors (Lipinski definition) is 7. The molecule has 1 fully saturated rings. The van der Waals surface area contributed by atoms with E-state index in [1.54, 1.807) is 4.90 Å². The molecule has 27 heavy (non-hydrogen) atoms. The van der Waals surface area contributed by atoms with Gasteiger partial charge in [0.1, 0.15) is 13.2 Å². The van der Waals surface area contributed by atoms with Gasteiger partial charge in [-0.1, -0.05) is 35.5 Å². The fraction of sp³-hybridized carbons (Fsp3) is 0.526. The van der Waals surface area contributed by atoms with Crippen molar-refractivity contribution in [2.24, 2.45) is 5.73 Å². The lowest BCUT2D eigenvalue weighted by molar-refractivity contribution is 0.0864. The molecule has 3 rings (SSSR count). The quantitative estimate of drug-likeness (QED) is 0.794. The van der Waals surface area contributed by atoms with Crippen LogP contribution < -0.4 is 5.73 Å². The van der Waals surface area contributed by atoms with Crippen molar-refractivity contribution in [3.63, 3.8) is 0 Å². The van der Waals surface area contributed by atoms with Gasteiger partial charge in [-0.3, -0.25) is 0 Å². The standard InChI is InChI=1S/C19H26N4O4/c1-14(20)11-25-13-17-21-18(22-27-17)16-7-9-23(10-8-16)19(24)26-12-15-5-3-2-4-6-15/h2-6,14,16H,7-13,20H2,1H3/t14-/m0/s1. The lowest BCUT2D eigenvalue weighted by atomic mass is 9.96. The number of aromatic nitrogens is 2. The number of rotatable bonds is 7. The molecule has 1 aliphatic heterocycles. The molecule has 1 aromatic carbocycles. The van der Waals surface area contributed by atoms with E-state index in [1.807, 2.05) is 37.3 Å². The zero-order valence-corrected chi connectivity index (χ0v) is 15.5. The van der Waals surface area contributed by atoms with Crippen molar-refractivity contribution in [3.05, 3.63) is 47.6 Å². The minimum atomic E-state index is -0.282. The molecule has 0 unspecified atom stereocenters. The van der Waals surface area contributed by atoms with Crippen molar-refractivity contribution in [1.82, 2.24) is 15.0 Å². The van der Waals surface area contributed by atoms with E-state index in [-0.39, 0.29) is 31.3 Å². The summed E-state index contributed by atoms with van der Waals surface area (Å²) >= 11 is 0. The molecule has 1 aromatic heterocycles. The smallest absolute Gasteiger partial charge is 0.410 e. The first-order valence-electron chi connectivity index (χ1n) is 9.23. The third-order valence-corrected chi connectivity index (χ3v) is 4.41. The number of likely N-dealkylation sites (tertiary alicyclic amines) is 1. The van der Waals surface area contributed by atoms with Crippen molar-refractivity contribution in [2.45, 2.75) is 44.9 Å². The van der Waals surface area contributed by atoms with Crippen LogP contribution in [-0.4, -0.2) is 46.9 Å². The molecule has 0 saturated carbocycles. The van der Waals surface area contributed by atoms with Gasteiger partial charge >= 0.3 is 6.09 Å². The van der Waals surface area contributed by atoms with Crippen molar-refractivity contribution in [3.8, 4) is 0 Å². The van der Waals surface area contributed by atoms with Crippen LogP contribution in [0.25, 0.3) is 0 Å². The van der Waals surface area contributed by atoms with Gasteiger partial charge in [-0.05, 0) is 25.3 Å². The molecule has 0 spiro atoms. The van der Waals surface area contributed by atoms with Crippen LogP contribution in [0.15, 0.2) is 34.9 Å². The first-order chi connectivity index (χ1) is 13.1. The summed E-state index contributed by atoms with van der Waals surface area (Å²) in [5.74, 6) is 1.30. The number of nitrogens with zero attached hydrogens (tertiary/aromatic N) is 3. The lowest BCUT2D eigenvalue weighted by Crippen LogP contribution is -2.38. The van der Waals surface area contributed by atoms with Crippen LogP contribution in [0.3, 0.4) is 0 Å². The summed E-state index contributed by atoms with van der Waals surface area (Å²) in [6, 6.07) is 9.63. The highest BCUT2D eigenvalue weighted by molar-refractivity contribution is 5.67. The lowest BCUT2D eigenvalue weighted by Gasteiger charge is -2.29. The van der Waals surface area contributed by atoms with E-state index in [2.05, 4.69) is 10.1 Å². The Morgan fingerprint density at radius 1 is 1.30 bits per heavy atom. The Kier molecular flexibility index (Phi) is 6.78. The first-order valence-corrected chi connectivity index (χ1v) is 9.23. The summed E-state index contributed by atoms with van der Waals surface area (Å²) in [7, 11) is 0. The second-order valence-corrected chi connectivity index (χ2v) is 6.84.